The van der Waals surface area contributed by atoms with Crippen LogP contribution in [0.15, 0.2) is 84.9 Å². The molecule has 0 aliphatic heterocycles. The highest BCUT2D eigenvalue weighted by atomic mass is 35.5. The Labute approximate surface area is 260 Å². The summed E-state index contributed by atoms with van der Waals surface area (Å²) in [7, 11) is 0. The molecule has 200 valence electrons. The summed E-state index contributed by atoms with van der Waals surface area (Å²) >= 11 is 39.6. The Bertz CT molecular complexity index is 1440. The largest absolute Gasteiger partial charge is 0.207 e. The molecule has 0 heterocycles. The van der Waals surface area contributed by atoms with Gasteiger partial charge in [-0.05, 0) is 58.7 Å². The minimum absolute atomic E-state index is 0.250. The van der Waals surface area contributed by atoms with E-state index in [1.54, 1.807) is 36.4 Å². The van der Waals surface area contributed by atoms with Gasteiger partial charge in [-0.2, -0.15) is 0 Å². The van der Waals surface area contributed by atoms with Gasteiger partial charge in [0, 0.05) is 10.0 Å². The first-order valence-electron chi connectivity index (χ1n) is 11.4. The SMILES string of the molecule is Fc1ccc(C(/C=C\c2cccc(Cl)c2Cl)SC(/C=C\c2cccc(Cl)c2Cl)c2ccc(F)cc2Cl)c(Cl)c1. The molecule has 0 bridgehead atoms. The number of benzene rings is 4. The van der Waals surface area contributed by atoms with E-state index in [2.05, 4.69) is 0 Å². The number of halogens is 8. The minimum atomic E-state index is -0.456. The Balaban J connectivity index is 1.80. The molecule has 0 aliphatic carbocycles. The van der Waals surface area contributed by atoms with Crippen LogP contribution >= 0.6 is 81.4 Å². The highest BCUT2D eigenvalue weighted by molar-refractivity contribution is 8.00. The molecular weight excluding hydrogens is 643 g/mol. The van der Waals surface area contributed by atoms with E-state index < -0.39 is 22.1 Å². The summed E-state index contributed by atoms with van der Waals surface area (Å²) in [4.78, 5) is 0. The first-order valence-corrected chi connectivity index (χ1v) is 14.6. The van der Waals surface area contributed by atoms with Crippen molar-refractivity contribution in [2.45, 2.75) is 10.5 Å². The molecule has 0 saturated carbocycles. The van der Waals surface area contributed by atoms with E-state index in [9.17, 15) is 8.78 Å². The average Bonchev–Trinajstić information content (AvgIpc) is 2.89. The highest BCUT2D eigenvalue weighted by Crippen LogP contribution is 2.47. The van der Waals surface area contributed by atoms with Crippen molar-refractivity contribution in [1.29, 1.82) is 0 Å². The standard InChI is InChI=1S/C30H18Cl6F2S/c31-23-5-1-3-17(29(23)35)7-13-27(21-11-9-19(37)15-25(21)33)39-28(22-12-10-20(38)16-26(22)34)14-8-18-4-2-6-24(32)30(18)36/h1-16,27-28H/b13-7-,14-8-. The van der Waals surface area contributed by atoms with Gasteiger partial charge in [0.2, 0.25) is 0 Å². The third kappa shape index (κ3) is 7.74. The number of thioether (sulfide) groups is 1. The maximum atomic E-state index is 13.9. The lowest BCUT2D eigenvalue weighted by molar-refractivity contribution is 0.627. The van der Waals surface area contributed by atoms with Crippen LogP contribution in [-0.4, -0.2) is 0 Å². The topological polar surface area (TPSA) is 0 Å². The van der Waals surface area contributed by atoms with Crippen LogP contribution in [0.25, 0.3) is 12.2 Å². The van der Waals surface area contributed by atoms with Gasteiger partial charge < -0.3 is 0 Å². The molecule has 0 fully saturated rings. The van der Waals surface area contributed by atoms with Crippen molar-refractivity contribution in [2.24, 2.45) is 0 Å². The first-order chi connectivity index (χ1) is 18.6. The zero-order valence-electron chi connectivity index (χ0n) is 19.8. The van der Waals surface area contributed by atoms with E-state index in [1.807, 2.05) is 36.4 Å². The molecule has 0 aliphatic rings. The molecule has 2 unspecified atom stereocenters. The van der Waals surface area contributed by atoms with E-state index in [0.717, 1.165) is 0 Å². The zero-order chi connectivity index (χ0) is 28.1. The lowest BCUT2D eigenvalue weighted by Gasteiger charge is -2.22. The van der Waals surface area contributed by atoms with Crippen molar-refractivity contribution in [2.75, 3.05) is 0 Å². The van der Waals surface area contributed by atoms with Gasteiger partial charge >= 0.3 is 0 Å². The predicted octanol–water partition coefficient (Wildman–Crippen LogP) is 12.8. The Morgan fingerprint density at radius 2 is 0.949 bits per heavy atom. The molecule has 0 N–H and O–H groups in total. The third-order valence-corrected chi connectivity index (χ3v) is 9.43. The van der Waals surface area contributed by atoms with Crippen LogP contribution in [0.2, 0.25) is 30.1 Å². The van der Waals surface area contributed by atoms with Crippen molar-refractivity contribution in [3.05, 3.63) is 149 Å². The smallest absolute Gasteiger partial charge is 0.124 e. The van der Waals surface area contributed by atoms with E-state index >= 15 is 0 Å². The van der Waals surface area contributed by atoms with Crippen molar-refractivity contribution < 1.29 is 8.78 Å². The summed E-state index contributed by atoms with van der Waals surface area (Å²) in [5.41, 5.74) is 2.72. The molecule has 9 heteroatoms. The normalized spacial score (nSPS) is 13.3. The second kappa shape index (κ2) is 13.8. The fraction of sp³-hybridized carbons (Fsp3) is 0.0667. The van der Waals surface area contributed by atoms with Crippen LogP contribution in [0.1, 0.15) is 32.8 Å². The van der Waals surface area contributed by atoms with Crippen LogP contribution in [0, 0.1) is 11.6 Å². The van der Waals surface area contributed by atoms with Gasteiger partial charge in [-0.15, -0.1) is 11.8 Å². The van der Waals surface area contributed by atoms with Crippen molar-refractivity contribution in [1.82, 2.24) is 0 Å². The molecule has 0 saturated heterocycles. The summed E-state index contributed by atoms with van der Waals surface area (Å²) < 4.78 is 27.9. The number of hydrogen-bond donors (Lipinski definition) is 0. The monoisotopic (exact) mass is 658 g/mol. The number of hydrogen-bond acceptors (Lipinski definition) is 1. The van der Waals surface area contributed by atoms with Crippen molar-refractivity contribution in [3.63, 3.8) is 0 Å². The molecule has 0 aromatic heterocycles. The summed E-state index contributed by atoms with van der Waals surface area (Å²) in [6.45, 7) is 0. The van der Waals surface area contributed by atoms with Crippen molar-refractivity contribution in [3.8, 4) is 0 Å². The Morgan fingerprint density at radius 1 is 0.538 bits per heavy atom. The Kier molecular flexibility index (Phi) is 10.7. The quantitative estimate of drug-likeness (QED) is 0.181. The Hall–Kier alpha value is -1.69. The van der Waals surface area contributed by atoms with Crippen LogP contribution < -0.4 is 0 Å². The average molecular weight is 661 g/mol. The van der Waals surface area contributed by atoms with E-state index in [0.29, 0.717) is 42.3 Å². The molecule has 4 rings (SSSR count). The van der Waals surface area contributed by atoms with Gasteiger partial charge in [0.25, 0.3) is 0 Å². The van der Waals surface area contributed by atoms with Gasteiger partial charge in [-0.3, -0.25) is 0 Å². The third-order valence-electron chi connectivity index (χ3n) is 5.70. The van der Waals surface area contributed by atoms with Gasteiger partial charge in [0.1, 0.15) is 11.6 Å². The first kappa shape index (κ1) is 30.3. The lowest BCUT2D eigenvalue weighted by Crippen LogP contribution is -2.00. The van der Waals surface area contributed by atoms with Crippen LogP contribution in [0.3, 0.4) is 0 Å². The van der Waals surface area contributed by atoms with E-state index in [1.165, 1.54) is 36.0 Å². The maximum Gasteiger partial charge on any atom is 0.124 e. The maximum absolute atomic E-state index is 13.9. The van der Waals surface area contributed by atoms with Crippen molar-refractivity contribution >= 4 is 93.5 Å². The predicted molar refractivity (Wildman–Crippen MR) is 167 cm³/mol. The van der Waals surface area contributed by atoms with Crippen LogP contribution in [0.5, 0.6) is 0 Å². The minimum Gasteiger partial charge on any atom is -0.207 e. The van der Waals surface area contributed by atoms with Crippen LogP contribution in [0.4, 0.5) is 8.78 Å². The molecule has 39 heavy (non-hydrogen) atoms. The van der Waals surface area contributed by atoms with Gasteiger partial charge in [0.15, 0.2) is 0 Å². The molecule has 0 spiro atoms. The molecule has 0 amide bonds. The summed E-state index contributed by atoms with van der Waals surface area (Å²) in [5.74, 6) is -0.911. The molecule has 2 atom stereocenters. The summed E-state index contributed by atoms with van der Waals surface area (Å²) in [6, 6.07) is 19.1. The summed E-state index contributed by atoms with van der Waals surface area (Å²) in [6.07, 6.45) is 7.44. The lowest BCUT2D eigenvalue weighted by atomic mass is 10.1. The molecule has 4 aromatic carbocycles. The number of rotatable bonds is 8. The second-order valence-electron chi connectivity index (χ2n) is 8.31. The zero-order valence-corrected chi connectivity index (χ0v) is 25.2. The molecule has 4 aromatic rings. The molecular formula is C30H18Cl6F2S. The fourth-order valence-electron chi connectivity index (χ4n) is 3.75. The van der Waals surface area contributed by atoms with E-state index in [-0.39, 0.29) is 10.0 Å². The van der Waals surface area contributed by atoms with Gasteiger partial charge in [-0.25, -0.2) is 8.78 Å². The molecule has 0 nitrogen and oxygen atoms in total. The highest BCUT2D eigenvalue weighted by Gasteiger charge is 2.22. The van der Waals surface area contributed by atoms with Gasteiger partial charge in [-0.1, -0.05) is 130 Å². The molecule has 0 radical (unpaired) electrons. The fourth-order valence-corrected chi connectivity index (χ4v) is 6.55. The van der Waals surface area contributed by atoms with Crippen LogP contribution in [-0.2, 0) is 0 Å². The van der Waals surface area contributed by atoms with Gasteiger partial charge in [0.05, 0.1) is 30.6 Å². The Morgan fingerprint density at radius 3 is 1.33 bits per heavy atom. The second-order valence-corrected chi connectivity index (χ2v) is 12.0. The van der Waals surface area contributed by atoms with E-state index in [4.69, 9.17) is 69.6 Å². The summed E-state index contributed by atoms with van der Waals surface area (Å²) in [5, 5.41) is 1.33.